The normalized spacial score (nSPS) is 27.4. The fourth-order valence-electron chi connectivity index (χ4n) is 7.03. The van der Waals surface area contributed by atoms with Crippen LogP contribution in [-0.2, 0) is 17.7 Å². The molecule has 7 rings (SSSR count). The Morgan fingerprint density at radius 1 is 1.11 bits per heavy atom. The summed E-state index contributed by atoms with van der Waals surface area (Å²) < 4.78 is 6.45. The van der Waals surface area contributed by atoms with Crippen LogP contribution in [-0.4, -0.2) is 78.9 Å². The van der Waals surface area contributed by atoms with E-state index in [9.17, 15) is 5.26 Å². The summed E-state index contributed by atoms with van der Waals surface area (Å²) in [5.41, 5.74) is 5.19. The van der Waals surface area contributed by atoms with Gasteiger partial charge in [-0.1, -0.05) is 6.07 Å². The Bertz CT molecular complexity index is 1390. The van der Waals surface area contributed by atoms with Crippen molar-refractivity contribution in [2.75, 3.05) is 55.6 Å². The van der Waals surface area contributed by atoms with Gasteiger partial charge in [0.2, 0.25) is 0 Å². The van der Waals surface area contributed by atoms with Crippen molar-refractivity contribution in [2.45, 2.75) is 44.6 Å². The fourth-order valence-corrected chi connectivity index (χ4v) is 7.03. The van der Waals surface area contributed by atoms with Crippen molar-refractivity contribution in [2.24, 2.45) is 5.92 Å². The molecule has 3 fully saturated rings. The van der Waals surface area contributed by atoms with Crippen molar-refractivity contribution in [3.8, 4) is 6.07 Å². The van der Waals surface area contributed by atoms with Gasteiger partial charge in [-0.15, -0.1) is 0 Å². The molecule has 0 spiro atoms. The van der Waals surface area contributed by atoms with E-state index in [1.165, 1.54) is 17.7 Å². The number of piperidine rings is 1. The van der Waals surface area contributed by atoms with Crippen LogP contribution in [0.3, 0.4) is 0 Å². The molecule has 8 nitrogen and oxygen atoms in total. The minimum atomic E-state index is 0.153. The molecule has 4 aliphatic heterocycles. The lowest BCUT2D eigenvalue weighted by Gasteiger charge is -2.55. The first kappa shape index (κ1) is 23.8. The van der Waals surface area contributed by atoms with Crippen molar-refractivity contribution in [3.63, 3.8) is 0 Å². The molecule has 1 aromatic carbocycles. The molecule has 8 heteroatoms. The number of anilines is 2. The average Bonchev–Trinajstić information content (AvgIpc) is 2.94. The molecule has 0 unspecified atom stereocenters. The van der Waals surface area contributed by atoms with Crippen LogP contribution in [0.25, 0.3) is 10.9 Å². The van der Waals surface area contributed by atoms with Crippen LogP contribution < -0.4 is 15.1 Å². The zero-order valence-corrected chi connectivity index (χ0v) is 22.0. The predicted octanol–water partition coefficient (Wildman–Crippen LogP) is 2.95. The van der Waals surface area contributed by atoms with Gasteiger partial charge in [-0.3, -0.25) is 9.88 Å². The maximum atomic E-state index is 9.54. The first-order chi connectivity index (χ1) is 18.7. The molecule has 196 valence electrons. The van der Waals surface area contributed by atoms with Gasteiger partial charge in [0.15, 0.2) is 0 Å². The number of benzene rings is 1. The lowest BCUT2D eigenvalue weighted by molar-refractivity contribution is -0.0757. The van der Waals surface area contributed by atoms with Crippen molar-refractivity contribution < 1.29 is 4.74 Å². The predicted molar refractivity (Wildman–Crippen MR) is 148 cm³/mol. The van der Waals surface area contributed by atoms with Gasteiger partial charge in [-0.05, 0) is 49.2 Å². The van der Waals surface area contributed by atoms with E-state index < -0.39 is 0 Å². The van der Waals surface area contributed by atoms with Crippen LogP contribution >= 0.6 is 0 Å². The average molecular weight is 510 g/mol. The number of morpholine rings is 1. The second-order valence-electron chi connectivity index (χ2n) is 11.3. The summed E-state index contributed by atoms with van der Waals surface area (Å²) in [6, 6.07) is 15.4. The van der Waals surface area contributed by atoms with E-state index in [2.05, 4.69) is 62.3 Å². The third kappa shape index (κ3) is 4.29. The number of rotatable bonds is 4. The molecule has 0 amide bonds. The first-order valence-electron chi connectivity index (χ1n) is 14.0. The molecule has 4 atom stereocenters. The number of nitriles is 1. The van der Waals surface area contributed by atoms with Gasteiger partial charge >= 0.3 is 0 Å². The Kier molecular flexibility index (Phi) is 6.15. The number of aromatic nitrogens is 2. The van der Waals surface area contributed by atoms with Crippen LogP contribution in [0.2, 0.25) is 0 Å². The molecule has 38 heavy (non-hydrogen) atoms. The highest BCUT2D eigenvalue weighted by molar-refractivity contribution is 5.95. The van der Waals surface area contributed by atoms with Crippen LogP contribution in [0, 0.1) is 17.2 Å². The number of nitrogens with zero attached hydrogens (tertiary/aromatic N) is 6. The summed E-state index contributed by atoms with van der Waals surface area (Å²) in [4.78, 5) is 17.1. The highest BCUT2D eigenvalue weighted by atomic mass is 16.5. The van der Waals surface area contributed by atoms with Crippen LogP contribution in [0.5, 0.6) is 0 Å². The molecule has 0 bridgehead atoms. The third-order valence-corrected chi connectivity index (χ3v) is 8.84. The smallest absolute Gasteiger partial charge is 0.128 e. The Morgan fingerprint density at radius 2 is 2.05 bits per heavy atom. The summed E-state index contributed by atoms with van der Waals surface area (Å²) in [5.74, 6) is 1.86. The molecule has 0 radical (unpaired) electrons. The lowest BCUT2D eigenvalue weighted by Crippen LogP contribution is -2.66. The highest BCUT2D eigenvalue weighted by Crippen LogP contribution is 2.36. The molecule has 1 N–H and O–H groups in total. The number of pyridine rings is 2. The van der Waals surface area contributed by atoms with Crippen molar-refractivity contribution in [1.82, 2.24) is 20.2 Å². The number of likely N-dealkylation sites (tertiary alicyclic amines) is 1. The second kappa shape index (κ2) is 9.81. The number of hydrogen-bond acceptors (Lipinski definition) is 8. The number of hydrogen-bond donors (Lipinski definition) is 1. The minimum absolute atomic E-state index is 0.153. The molecule has 4 aliphatic rings. The summed E-state index contributed by atoms with van der Waals surface area (Å²) >= 11 is 0. The Morgan fingerprint density at radius 3 is 2.95 bits per heavy atom. The van der Waals surface area contributed by atoms with Gasteiger partial charge in [-0.2, -0.15) is 5.26 Å². The van der Waals surface area contributed by atoms with Gasteiger partial charge in [0.1, 0.15) is 11.9 Å². The van der Waals surface area contributed by atoms with Crippen LogP contribution in [0.4, 0.5) is 11.5 Å². The monoisotopic (exact) mass is 509 g/mol. The largest absolute Gasteiger partial charge is 0.370 e. The first-order valence-corrected chi connectivity index (χ1v) is 14.0. The third-order valence-electron chi connectivity index (χ3n) is 8.84. The van der Waals surface area contributed by atoms with Gasteiger partial charge < -0.3 is 19.9 Å². The number of nitrogens with one attached hydrogen (secondary N) is 1. The highest BCUT2D eigenvalue weighted by Gasteiger charge is 2.44. The van der Waals surface area contributed by atoms with Gasteiger partial charge in [0.25, 0.3) is 0 Å². The Balaban J connectivity index is 1.00. The van der Waals surface area contributed by atoms with E-state index >= 15 is 0 Å². The minimum Gasteiger partial charge on any atom is -0.370 e. The SMILES string of the molecule is C[C@@H]1CN(c2ccc(C#N)c3ncccc23)C[C@H](CN2C[C@H]3CN(c4ccc5c(n4)CCNC5)CC[C@@H]32)O1. The van der Waals surface area contributed by atoms with E-state index in [1.54, 1.807) is 6.20 Å². The summed E-state index contributed by atoms with van der Waals surface area (Å²) in [5, 5.41) is 14.0. The van der Waals surface area contributed by atoms with Crippen molar-refractivity contribution >= 4 is 22.4 Å². The summed E-state index contributed by atoms with van der Waals surface area (Å²) in [6.45, 7) is 10.1. The van der Waals surface area contributed by atoms with E-state index in [0.29, 0.717) is 17.5 Å². The molecule has 6 heterocycles. The second-order valence-corrected chi connectivity index (χ2v) is 11.3. The number of ether oxygens (including phenoxy) is 1. The summed E-state index contributed by atoms with van der Waals surface area (Å²) in [6.07, 6.45) is 4.30. The molecular weight excluding hydrogens is 474 g/mol. The molecule has 3 aromatic rings. The van der Waals surface area contributed by atoms with Gasteiger partial charge in [0, 0.05) is 93.7 Å². The molecule has 0 saturated carbocycles. The van der Waals surface area contributed by atoms with E-state index in [-0.39, 0.29) is 12.2 Å². The van der Waals surface area contributed by atoms with Crippen LogP contribution in [0.15, 0.2) is 42.6 Å². The molecule has 3 saturated heterocycles. The van der Waals surface area contributed by atoms with Crippen LogP contribution in [0.1, 0.15) is 30.2 Å². The lowest BCUT2D eigenvalue weighted by atomic mass is 9.82. The van der Waals surface area contributed by atoms with Gasteiger partial charge in [0.05, 0.1) is 23.3 Å². The maximum absolute atomic E-state index is 9.54. The quantitative estimate of drug-likeness (QED) is 0.575. The summed E-state index contributed by atoms with van der Waals surface area (Å²) in [7, 11) is 0. The fraction of sp³-hybridized carbons (Fsp3) is 0.500. The van der Waals surface area contributed by atoms with E-state index in [1.807, 2.05) is 12.1 Å². The maximum Gasteiger partial charge on any atom is 0.128 e. The van der Waals surface area contributed by atoms with Crippen molar-refractivity contribution in [1.29, 1.82) is 5.26 Å². The topological polar surface area (TPSA) is 80.6 Å². The molecular formula is C30H35N7O. The Hall–Kier alpha value is -3.25. The van der Waals surface area contributed by atoms with E-state index in [4.69, 9.17) is 9.72 Å². The molecule has 0 aliphatic carbocycles. The van der Waals surface area contributed by atoms with Crippen molar-refractivity contribution in [3.05, 3.63) is 59.4 Å². The zero-order valence-electron chi connectivity index (χ0n) is 22.0. The van der Waals surface area contributed by atoms with Gasteiger partial charge in [-0.25, -0.2) is 4.98 Å². The number of fused-ring (bicyclic) bond motifs is 3. The Labute approximate surface area is 224 Å². The van der Waals surface area contributed by atoms with E-state index in [0.717, 1.165) is 81.2 Å². The zero-order chi connectivity index (χ0) is 25.6. The standard InChI is InChI=1S/C30H35N7O/c1-20-15-36(28-6-4-21(13-31)30-25(28)3-2-10-33-30)18-24(38-20)19-37-17-23-16-35(12-9-27(23)37)29-7-5-22-14-32-11-8-26(22)34-29/h2-7,10,20,23-24,27,32H,8-9,11-12,14-19H2,1H3/t20-,23-,24-,27+/m1/s1. The molecule has 2 aromatic heterocycles.